The minimum atomic E-state index is -0.642. The number of nitrogens with one attached hydrogen (secondary N) is 1. The van der Waals surface area contributed by atoms with Gasteiger partial charge in [-0.2, -0.15) is 0 Å². The summed E-state index contributed by atoms with van der Waals surface area (Å²) in [4.78, 5) is 31.2. The monoisotopic (exact) mass is 342 g/mol. The summed E-state index contributed by atoms with van der Waals surface area (Å²) in [6, 6.07) is 3.70. The van der Waals surface area contributed by atoms with Gasteiger partial charge in [0, 0.05) is 12.5 Å². The maximum atomic E-state index is 13.8. The molecule has 23 heavy (non-hydrogen) atoms. The van der Waals surface area contributed by atoms with E-state index >= 15 is 0 Å². The van der Waals surface area contributed by atoms with Gasteiger partial charge < -0.3 is 4.90 Å². The molecule has 0 aromatic heterocycles. The first-order chi connectivity index (χ1) is 10.9. The molecule has 1 fully saturated rings. The number of carbonyl (C=O) groups is 2. The van der Waals surface area contributed by atoms with Gasteiger partial charge in [0.1, 0.15) is 5.82 Å². The molecule has 2 amide bonds. The Morgan fingerprint density at radius 1 is 1.52 bits per heavy atom. The maximum absolute atomic E-state index is 13.8. The Hall–Kier alpha value is -1.66. The molecule has 126 valence electrons. The van der Waals surface area contributed by atoms with E-state index in [-0.39, 0.29) is 29.3 Å². The van der Waals surface area contributed by atoms with E-state index in [9.17, 15) is 14.0 Å². The zero-order valence-electron chi connectivity index (χ0n) is 13.3. The van der Waals surface area contributed by atoms with Crippen molar-refractivity contribution in [3.8, 4) is 0 Å². The fourth-order valence-electron chi connectivity index (χ4n) is 2.91. The molecule has 7 heteroatoms. The lowest BCUT2D eigenvalue weighted by atomic mass is 9.92. The molecule has 1 aliphatic heterocycles. The lowest BCUT2D eigenvalue weighted by Gasteiger charge is -2.31. The first-order valence-corrected chi connectivity index (χ1v) is 7.92. The summed E-state index contributed by atoms with van der Waals surface area (Å²) in [6.07, 6.45) is 0.0615. The summed E-state index contributed by atoms with van der Waals surface area (Å²) in [5.74, 6) is -1.74. The minimum Gasteiger partial charge on any atom is -0.332 e. The highest BCUT2D eigenvalue weighted by molar-refractivity contribution is 6.30. The Bertz CT molecular complexity index is 609. The molecule has 0 bridgehead atoms. The van der Waals surface area contributed by atoms with Crippen molar-refractivity contribution < 1.29 is 18.8 Å². The molecule has 2 atom stereocenters. The van der Waals surface area contributed by atoms with Gasteiger partial charge in [-0.1, -0.05) is 17.7 Å². The normalized spacial score (nSPS) is 21.1. The van der Waals surface area contributed by atoms with E-state index in [0.29, 0.717) is 12.2 Å². The van der Waals surface area contributed by atoms with E-state index < -0.39 is 17.8 Å². The molecule has 1 heterocycles. The Labute approximate surface area is 139 Å². The molecule has 5 nitrogen and oxygen atoms in total. The lowest BCUT2D eigenvalue weighted by molar-refractivity contribution is -0.138. The van der Waals surface area contributed by atoms with Crippen molar-refractivity contribution in [1.29, 1.82) is 0 Å². The van der Waals surface area contributed by atoms with Gasteiger partial charge in [0.25, 0.3) is 0 Å². The summed E-state index contributed by atoms with van der Waals surface area (Å²) < 4.78 is 13.8. The Kier molecular flexibility index (Phi) is 5.59. The smallest absolute Gasteiger partial charge is 0.249 e. The van der Waals surface area contributed by atoms with E-state index in [0.717, 1.165) is 0 Å². The predicted octanol–water partition coefficient (Wildman–Crippen LogP) is 2.84. The van der Waals surface area contributed by atoms with Crippen molar-refractivity contribution in [3.05, 3.63) is 34.6 Å². The van der Waals surface area contributed by atoms with Gasteiger partial charge in [-0.25, -0.2) is 9.87 Å². The Morgan fingerprint density at radius 2 is 2.22 bits per heavy atom. The van der Waals surface area contributed by atoms with Crippen LogP contribution < -0.4 is 5.48 Å². The lowest BCUT2D eigenvalue weighted by Crippen LogP contribution is -2.38. The quantitative estimate of drug-likeness (QED) is 0.837. The Balaban J connectivity index is 2.39. The molecule has 1 saturated heterocycles. The molecule has 1 aromatic carbocycles. The fourth-order valence-corrected chi connectivity index (χ4v) is 3.03. The molecule has 0 spiro atoms. The number of hydrogen-bond acceptors (Lipinski definition) is 3. The molecule has 1 aliphatic rings. The van der Waals surface area contributed by atoms with E-state index in [1.54, 1.807) is 17.9 Å². The van der Waals surface area contributed by atoms with E-state index in [1.165, 1.54) is 12.1 Å². The second-order valence-electron chi connectivity index (χ2n) is 5.72. The topological polar surface area (TPSA) is 58.6 Å². The summed E-state index contributed by atoms with van der Waals surface area (Å²) in [7, 11) is 0. The number of nitrogens with zero attached hydrogens (tertiary/aromatic N) is 1. The highest BCUT2D eigenvalue weighted by atomic mass is 35.5. The fraction of sp³-hybridized carbons (Fsp3) is 0.500. The van der Waals surface area contributed by atoms with Gasteiger partial charge in [0.05, 0.1) is 23.6 Å². The van der Waals surface area contributed by atoms with Crippen LogP contribution in [-0.4, -0.2) is 29.4 Å². The molecule has 1 aromatic rings. The van der Waals surface area contributed by atoms with Gasteiger partial charge in [0.15, 0.2) is 0 Å². The van der Waals surface area contributed by atoms with Crippen molar-refractivity contribution in [3.63, 3.8) is 0 Å². The molecule has 2 unspecified atom stereocenters. The minimum absolute atomic E-state index is 0.00416. The zero-order valence-corrected chi connectivity index (χ0v) is 14.1. The Morgan fingerprint density at radius 3 is 2.78 bits per heavy atom. The van der Waals surface area contributed by atoms with Gasteiger partial charge in [-0.05, 0) is 38.5 Å². The number of likely N-dealkylation sites (tertiary alicyclic amines) is 1. The number of halogens is 2. The van der Waals surface area contributed by atoms with Gasteiger partial charge >= 0.3 is 0 Å². The summed E-state index contributed by atoms with van der Waals surface area (Å²) in [5, 5.41) is 0.00416. The van der Waals surface area contributed by atoms with Crippen LogP contribution in [0.15, 0.2) is 18.2 Å². The standard InChI is InChI=1S/C16H20ClFN2O3/c1-4-23-19-16(22)11-8-14(21)20(9(2)3)15(11)10-5-6-12(17)13(18)7-10/h5-7,9,11,15H,4,8H2,1-3H3,(H,19,22). The predicted molar refractivity (Wildman–Crippen MR) is 84.0 cm³/mol. The van der Waals surface area contributed by atoms with Crippen LogP contribution in [0.25, 0.3) is 0 Å². The van der Waals surface area contributed by atoms with Crippen LogP contribution in [-0.2, 0) is 14.4 Å². The molecular formula is C16H20ClFN2O3. The van der Waals surface area contributed by atoms with Gasteiger partial charge in [0.2, 0.25) is 11.8 Å². The van der Waals surface area contributed by atoms with Crippen molar-refractivity contribution in [1.82, 2.24) is 10.4 Å². The largest absolute Gasteiger partial charge is 0.332 e. The molecule has 0 saturated carbocycles. The van der Waals surface area contributed by atoms with Crippen LogP contribution in [0.1, 0.15) is 38.8 Å². The van der Waals surface area contributed by atoms with E-state index in [2.05, 4.69) is 5.48 Å². The third-order valence-electron chi connectivity index (χ3n) is 3.86. The number of hydrogen-bond donors (Lipinski definition) is 1. The number of carbonyl (C=O) groups excluding carboxylic acids is 2. The summed E-state index contributed by atoms with van der Waals surface area (Å²) >= 11 is 5.73. The number of hydroxylamine groups is 1. The number of amides is 2. The number of rotatable bonds is 5. The van der Waals surface area contributed by atoms with Crippen molar-refractivity contribution in [2.24, 2.45) is 5.92 Å². The van der Waals surface area contributed by atoms with Crippen LogP contribution in [0, 0.1) is 11.7 Å². The average molecular weight is 343 g/mol. The van der Waals surface area contributed by atoms with E-state index in [1.807, 2.05) is 13.8 Å². The molecule has 1 N–H and O–H groups in total. The maximum Gasteiger partial charge on any atom is 0.249 e. The van der Waals surface area contributed by atoms with Crippen molar-refractivity contribution in [2.45, 2.75) is 39.3 Å². The highest BCUT2D eigenvalue weighted by Gasteiger charge is 2.45. The molecule has 2 rings (SSSR count). The van der Waals surface area contributed by atoms with Gasteiger partial charge in [-0.15, -0.1) is 0 Å². The SMILES string of the molecule is CCONC(=O)C1CC(=O)N(C(C)C)C1c1ccc(Cl)c(F)c1. The highest BCUT2D eigenvalue weighted by Crippen LogP contribution is 2.40. The summed E-state index contributed by atoms with van der Waals surface area (Å²) in [6.45, 7) is 5.78. The van der Waals surface area contributed by atoms with Gasteiger partial charge in [-0.3, -0.25) is 14.4 Å². The van der Waals surface area contributed by atoms with Crippen LogP contribution in [0.3, 0.4) is 0 Å². The summed E-state index contributed by atoms with van der Waals surface area (Å²) in [5.41, 5.74) is 2.89. The van der Waals surface area contributed by atoms with Crippen LogP contribution in [0.2, 0.25) is 5.02 Å². The van der Waals surface area contributed by atoms with Crippen molar-refractivity contribution >= 4 is 23.4 Å². The third kappa shape index (κ3) is 3.64. The van der Waals surface area contributed by atoms with Crippen molar-refractivity contribution in [2.75, 3.05) is 6.61 Å². The second-order valence-corrected chi connectivity index (χ2v) is 6.13. The second kappa shape index (κ2) is 7.27. The number of benzene rings is 1. The van der Waals surface area contributed by atoms with Crippen LogP contribution in [0.4, 0.5) is 4.39 Å². The molecule has 0 radical (unpaired) electrons. The third-order valence-corrected chi connectivity index (χ3v) is 4.17. The first-order valence-electron chi connectivity index (χ1n) is 7.54. The molecular weight excluding hydrogens is 323 g/mol. The zero-order chi connectivity index (χ0) is 17.1. The van der Waals surface area contributed by atoms with E-state index in [4.69, 9.17) is 16.4 Å². The van der Waals surface area contributed by atoms with Crippen LogP contribution in [0.5, 0.6) is 0 Å². The average Bonchev–Trinajstić information content (AvgIpc) is 2.85. The molecule has 0 aliphatic carbocycles. The van der Waals surface area contributed by atoms with Crippen LogP contribution >= 0.6 is 11.6 Å². The first kappa shape index (κ1) is 17.7.